The van der Waals surface area contributed by atoms with E-state index in [1.54, 1.807) is 18.8 Å². The lowest BCUT2D eigenvalue weighted by molar-refractivity contribution is -0.0697. The van der Waals surface area contributed by atoms with E-state index in [1.807, 2.05) is 54.6 Å². The molecule has 0 saturated carbocycles. The molecular weight excluding hydrogens is 471 g/mol. The van der Waals surface area contributed by atoms with Crippen LogP contribution in [0, 0.1) is 0 Å². The maximum Gasteiger partial charge on any atom is 0.912 e. The molecule has 0 spiro atoms. The Morgan fingerprint density at radius 2 is 0.946 bits per heavy atom. The van der Waals surface area contributed by atoms with Crippen molar-refractivity contribution in [3.05, 3.63) is 90.1 Å². The Morgan fingerprint density at radius 1 is 0.541 bits per heavy atom. The Labute approximate surface area is 210 Å². The van der Waals surface area contributed by atoms with Crippen LogP contribution in [0.15, 0.2) is 86.6 Å². The second kappa shape index (κ2) is 6.92. The maximum absolute atomic E-state index is 6.88. The van der Waals surface area contributed by atoms with Crippen LogP contribution in [0.4, 0.5) is 0 Å². The molecule has 6 aromatic rings. The van der Waals surface area contributed by atoms with Crippen LogP contribution in [-0.4, -0.2) is 20.2 Å². The molecule has 0 atom stereocenters. The third kappa shape index (κ3) is 2.55. The molecule has 0 N–H and O–H groups in total. The van der Waals surface area contributed by atoms with Gasteiger partial charge in [-0.3, -0.25) is 0 Å². The zero-order valence-electron chi connectivity index (χ0n) is 19.8. The fraction of sp³-hybridized carbons (Fsp3) is 0.172. The molecule has 182 valence electrons. The number of rotatable bonds is 1. The summed E-state index contributed by atoms with van der Waals surface area (Å²) in [5, 5.41) is 2.96. The van der Waals surface area contributed by atoms with Gasteiger partial charge in [-0.15, -0.1) is 0 Å². The first-order chi connectivity index (χ1) is 18.3. The summed E-state index contributed by atoms with van der Waals surface area (Å²) in [5.41, 5.74) is 5.41. The van der Waals surface area contributed by atoms with Gasteiger partial charge in [-0.1, -0.05) is 0 Å². The van der Waals surface area contributed by atoms with E-state index < -0.39 is 6.96 Å². The highest BCUT2D eigenvalue weighted by Crippen LogP contribution is 2.55. The molecule has 4 aliphatic heterocycles. The van der Waals surface area contributed by atoms with Gasteiger partial charge in [-0.05, 0) is 54.6 Å². The second-order valence-electron chi connectivity index (χ2n) is 9.95. The predicted molar refractivity (Wildman–Crippen MR) is 137 cm³/mol. The van der Waals surface area contributed by atoms with Gasteiger partial charge in [0.25, 0.3) is 0 Å². The van der Waals surface area contributed by atoms with Gasteiger partial charge in [0.1, 0.15) is 30.0 Å². The minimum atomic E-state index is -2.48. The van der Waals surface area contributed by atoms with Gasteiger partial charge in [-0.2, -0.15) is 0 Å². The third-order valence-corrected chi connectivity index (χ3v) is 8.06. The molecular formula is C29H21BO7. The summed E-state index contributed by atoms with van der Waals surface area (Å²) in [6.07, 6.45) is 7.22. The lowest BCUT2D eigenvalue weighted by atomic mass is 9.77. The van der Waals surface area contributed by atoms with Crippen LogP contribution in [0.25, 0.3) is 32.9 Å². The summed E-state index contributed by atoms with van der Waals surface area (Å²) in [5.74, 6) is 1.81. The van der Waals surface area contributed by atoms with Gasteiger partial charge in [0.15, 0.2) is 0 Å². The Morgan fingerprint density at radius 3 is 1.35 bits per heavy atom. The van der Waals surface area contributed by atoms with E-state index in [1.165, 1.54) is 0 Å². The molecule has 1 saturated heterocycles. The summed E-state index contributed by atoms with van der Waals surface area (Å²) in [6.45, 7) is -1.01. The van der Waals surface area contributed by atoms with E-state index in [0.29, 0.717) is 17.2 Å². The largest absolute Gasteiger partial charge is 0.912 e. The lowest BCUT2D eigenvalue weighted by Crippen LogP contribution is -2.64. The van der Waals surface area contributed by atoms with Crippen molar-refractivity contribution in [1.29, 1.82) is 0 Å². The van der Waals surface area contributed by atoms with Crippen LogP contribution >= 0.6 is 0 Å². The van der Waals surface area contributed by atoms with Gasteiger partial charge in [-0.25, -0.2) is 0 Å². The van der Waals surface area contributed by atoms with Crippen molar-refractivity contribution in [2.75, 3.05) is 13.2 Å². The van der Waals surface area contributed by atoms with Crippen LogP contribution in [0.2, 0.25) is 0 Å². The summed E-state index contributed by atoms with van der Waals surface area (Å²) in [6, 6.07) is 17.8. The monoisotopic (exact) mass is 492 g/mol. The minimum absolute atomic E-state index is 0.304. The quantitative estimate of drug-likeness (QED) is 0.181. The standard InChI is InChI=1S/C29H21BO7/c1-2-16-37(15-1)30-34-23-6-3-20-17(9-12-31-20)26(23)29(27-18-10-13-32-21(18)4-7-24(27)35-30)28-19-11-14-33-22(19)5-8-25(28)36-30/h3-14,29H,1-2,15-16H2. The van der Waals surface area contributed by atoms with Crippen LogP contribution < -0.4 is 14.0 Å². The van der Waals surface area contributed by atoms with E-state index in [2.05, 4.69) is 4.28 Å². The molecule has 3 aromatic heterocycles. The molecule has 7 heterocycles. The molecule has 2 bridgehead atoms. The van der Waals surface area contributed by atoms with Crippen molar-refractivity contribution in [2.24, 2.45) is 0 Å². The molecule has 0 radical (unpaired) electrons. The molecule has 4 aliphatic rings. The molecule has 0 aliphatic carbocycles. The Kier molecular flexibility index (Phi) is 3.71. The van der Waals surface area contributed by atoms with Gasteiger partial charge in [0.2, 0.25) is 0 Å². The van der Waals surface area contributed by atoms with Crippen molar-refractivity contribution in [1.82, 2.24) is 0 Å². The van der Waals surface area contributed by atoms with Crippen LogP contribution in [0.3, 0.4) is 0 Å². The Balaban J connectivity index is 1.51. The summed E-state index contributed by atoms with van der Waals surface area (Å²) < 4.78 is 41.5. The van der Waals surface area contributed by atoms with E-state index >= 15 is 0 Å². The van der Waals surface area contributed by atoms with Crippen molar-refractivity contribution in [3.8, 4) is 17.2 Å². The first kappa shape index (κ1) is 19.8. The fourth-order valence-electron chi connectivity index (χ4n) is 6.48. The van der Waals surface area contributed by atoms with E-state index in [-0.39, 0.29) is 5.92 Å². The average Bonchev–Trinajstić information content (AvgIpc) is 3.70. The molecule has 3 aromatic carbocycles. The molecule has 1 fully saturated rings. The summed E-state index contributed by atoms with van der Waals surface area (Å²) in [4.78, 5) is 0. The Hall–Kier alpha value is -4.30. The lowest BCUT2D eigenvalue weighted by Gasteiger charge is -2.47. The van der Waals surface area contributed by atoms with Crippen molar-refractivity contribution >= 4 is 39.9 Å². The smallest absolute Gasteiger partial charge is 0.569 e. The summed E-state index contributed by atoms with van der Waals surface area (Å²) >= 11 is 0. The van der Waals surface area contributed by atoms with Gasteiger partial charge in [0, 0.05) is 51.6 Å². The SMILES string of the molecule is c1cc2c3c(ccc2o1)O[B-]1([O+]2CCCC2)Oc2ccc4occc4c2C3c2c(ccc3occc23)O1. The van der Waals surface area contributed by atoms with Crippen molar-refractivity contribution in [3.63, 3.8) is 0 Å². The third-order valence-electron chi connectivity index (χ3n) is 8.06. The van der Waals surface area contributed by atoms with Gasteiger partial charge >= 0.3 is 6.96 Å². The normalized spacial score (nSPS) is 22.5. The van der Waals surface area contributed by atoms with Crippen molar-refractivity contribution in [2.45, 2.75) is 18.8 Å². The highest BCUT2D eigenvalue weighted by Gasteiger charge is 2.60. The number of hydrogen-bond acceptors (Lipinski definition) is 6. The average molecular weight is 492 g/mol. The number of hydrogen-bond donors (Lipinski definition) is 0. The molecule has 7 nitrogen and oxygen atoms in total. The zero-order valence-corrected chi connectivity index (χ0v) is 19.8. The van der Waals surface area contributed by atoms with Gasteiger partial charge < -0.3 is 31.5 Å². The maximum atomic E-state index is 6.88. The molecule has 37 heavy (non-hydrogen) atoms. The highest BCUT2D eigenvalue weighted by molar-refractivity contribution is 6.57. The highest BCUT2D eigenvalue weighted by atomic mass is 16.9. The van der Waals surface area contributed by atoms with E-state index in [9.17, 15) is 0 Å². The molecule has 10 rings (SSSR count). The zero-order chi connectivity index (χ0) is 24.1. The predicted octanol–water partition coefficient (Wildman–Crippen LogP) is 7.05. The van der Waals surface area contributed by atoms with E-state index in [0.717, 1.165) is 75.7 Å². The number of furan rings is 3. The molecule has 8 heteroatoms. The molecule has 0 amide bonds. The Bertz CT molecular complexity index is 1650. The van der Waals surface area contributed by atoms with Crippen LogP contribution in [-0.2, 0) is 4.28 Å². The van der Waals surface area contributed by atoms with E-state index in [4.69, 9.17) is 27.2 Å². The number of benzene rings is 3. The first-order valence-electron chi connectivity index (χ1n) is 12.7. The second-order valence-corrected chi connectivity index (χ2v) is 9.95. The minimum Gasteiger partial charge on any atom is -0.569 e. The van der Waals surface area contributed by atoms with Gasteiger partial charge in [0.05, 0.1) is 36.0 Å². The van der Waals surface area contributed by atoms with Crippen LogP contribution in [0.1, 0.15) is 35.4 Å². The fourth-order valence-corrected chi connectivity index (χ4v) is 6.48. The van der Waals surface area contributed by atoms with Crippen LogP contribution in [0.5, 0.6) is 17.2 Å². The molecule has 0 unspecified atom stereocenters. The first-order valence-corrected chi connectivity index (χ1v) is 12.7. The summed E-state index contributed by atoms with van der Waals surface area (Å²) in [7, 11) is 0. The van der Waals surface area contributed by atoms with Crippen molar-refractivity contribution < 1.29 is 31.5 Å². The topological polar surface area (TPSA) is 69.8 Å². The number of fused-ring (bicyclic) bond motifs is 3.